The second-order valence-corrected chi connectivity index (χ2v) is 14.6. The molecule has 0 saturated carbocycles. The lowest BCUT2D eigenvalue weighted by Crippen LogP contribution is -1.96. The number of benzene rings is 7. The quantitative estimate of drug-likeness (QED) is 0.179. The van der Waals surface area contributed by atoms with E-state index in [0.717, 1.165) is 83.3 Å². The lowest BCUT2D eigenvalue weighted by molar-refractivity contribution is 0.670. The number of nitrogens with zero attached hydrogens (tertiary/aromatic N) is 3. The molecule has 0 fully saturated rings. The van der Waals surface area contributed by atoms with E-state index in [0.29, 0.717) is 5.82 Å². The lowest BCUT2D eigenvalue weighted by atomic mass is 9.96. The number of para-hydroxylation sites is 3. The predicted octanol–water partition coefficient (Wildman–Crippen LogP) is 13.6. The molecule has 4 heterocycles. The Hall–Kier alpha value is -6.95. The van der Waals surface area contributed by atoms with E-state index in [-0.39, 0.29) is 0 Å². The minimum absolute atomic E-state index is 0.700. The molecule has 0 N–H and O–H groups in total. The molecule has 0 spiro atoms. The van der Waals surface area contributed by atoms with Crippen molar-refractivity contribution < 1.29 is 4.42 Å². The monoisotopic (exact) mass is 707 g/mol. The normalized spacial score (nSPS) is 11.7. The van der Waals surface area contributed by atoms with Crippen LogP contribution in [-0.4, -0.2) is 15.0 Å². The maximum absolute atomic E-state index is 6.53. The minimum atomic E-state index is 0.700. The largest absolute Gasteiger partial charge is 0.455 e. The summed E-state index contributed by atoms with van der Waals surface area (Å²) in [6.07, 6.45) is 0. The summed E-state index contributed by atoms with van der Waals surface area (Å²) in [5.74, 6) is 0.700. The number of aromatic nitrogens is 3. The first kappa shape index (κ1) is 30.7. The standard InChI is InChI=1S/C49H29N3OS/c1-3-13-30(14-4-1)40-29-41(51-49(50-40)33-15-5-2-6-16-33)31-25-27-32(28-26-31)45-44-38-18-8-10-24-43(38)54-48(44)39-22-11-19-35(46(39)52-45)37-21-12-20-36-34-17-7-9-23-42(34)53-47(36)37/h1-29H. The van der Waals surface area contributed by atoms with E-state index < -0.39 is 0 Å². The predicted molar refractivity (Wildman–Crippen MR) is 225 cm³/mol. The van der Waals surface area contributed by atoms with Gasteiger partial charge in [-0.1, -0.05) is 158 Å². The first-order valence-electron chi connectivity index (χ1n) is 18.0. The molecule has 11 aromatic rings. The molecule has 0 amide bonds. The van der Waals surface area contributed by atoms with E-state index in [1.807, 2.05) is 59.9 Å². The summed E-state index contributed by atoms with van der Waals surface area (Å²) in [5, 5.41) is 5.75. The van der Waals surface area contributed by atoms with Gasteiger partial charge in [0.05, 0.1) is 22.6 Å². The van der Waals surface area contributed by atoms with E-state index in [9.17, 15) is 0 Å². The second kappa shape index (κ2) is 12.3. The summed E-state index contributed by atoms with van der Waals surface area (Å²) in [4.78, 5) is 15.6. The third-order valence-electron chi connectivity index (χ3n) is 10.3. The zero-order valence-electron chi connectivity index (χ0n) is 28.9. The summed E-state index contributed by atoms with van der Waals surface area (Å²) >= 11 is 1.83. The number of thiophene rings is 1. The molecule has 4 nitrogen and oxygen atoms in total. The van der Waals surface area contributed by atoms with Crippen molar-refractivity contribution in [2.75, 3.05) is 0 Å². The molecule has 0 saturated heterocycles. The van der Waals surface area contributed by atoms with Crippen molar-refractivity contribution in [1.82, 2.24) is 15.0 Å². The van der Waals surface area contributed by atoms with E-state index in [1.54, 1.807) is 0 Å². The van der Waals surface area contributed by atoms with Crippen LogP contribution in [0.5, 0.6) is 0 Å². The number of fused-ring (bicyclic) bond motifs is 8. The third kappa shape index (κ3) is 4.94. The number of rotatable bonds is 5. The van der Waals surface area contributed by atoms with Crippen LogP contribution in [0.3, 0.4) is 0 Å². The van der Waals surface area contributed by atoms with E-state index in [2.05, 4.69) is 127 Å². The molecule has 4 aromatic heterocycles. The Morgan fingerprint density at radius 1 is 0.426 bits per heavy atom. The molecule has 0 atom stereocenters. The summed E-state index contributed by atoms with van der Waals surface area (Å²) in [5.41, 5.74) is 11.6. The fraction of sp³-hybridized carbons (Fsp3) is 0. The Morgan fingerprint density at radius 2 is 1.02 bits per heavy atom. The van der Waals surface area contributed by atoms with E-state index >= 15 is 0 Å². The Balaban J connectivity index is 1.11. The highest BCUT2D eigenvalue weighted by atomic mass is 32.1. The molecule has 0 aliphatic heterocycles. The van der Waals surface area contributed by atoms with Crippen LogP contribution in [0.1, 0.15) is 0 Å². The van der Waals surface area contributed by atoms with Crippen LogP contribution in [0.4, 0.5) is 0 Å². The van der Waals surface area contributed by atoms with Gasteiger partial charge in [-0.05, 0) is 18.2 Å². The molecule has 0 bridgehead atoms. The minimum Gasteiger partial charge on any atom is -0.455 e. The molecule has 0 aliphatic carbocycles. The molecule has 0 radical (unpaired) electrons. The van der Waals surface area contributed by atoms with Gasteiger partial charge in [0.2, 0.25) is 0 Å². The Bertz CT molecular complexity index is 3140. The third-order valence-corrected chi connectivity index (χ3v) is 11.5. The molecule has 54 heavy (non-hydrogen) atoms. The smallest absolute Gasteiger partial charge is 0.160 e. The van der Waals surface area contributed by atoms with Crippen molar-refractivity contribution in [3.63, 3.8) is 0 Å². The first-order chi connectivity index (χ1) is 26.8. The average Bonchev–Trinajstić information content (AvgIpc) is 3.83. The highest BCUT2D eigenvalue weighted by Gasteiger charge is 2.21. The number of hydrogen-bond acceptors (Lipinski definition) is 5. The zero-order valence-corrected chi connectivity index (χ0v) is 29.7. The highest BCUT2D eigenvalue weighted by Crippen LogP contribution is 2.46. The molecule has 0 unspecified atom stereocenters. The Labute approximate surface area is 314 Å². The van der Waals surface area contributed by atoms with Crippen LogP contribution in [0, 0.1) is 0 Å². The van der Waals surface area contributed by atoms with Crippen molar-refractivity contribution >= 4 is 64.4 Å². The van der Waals surface area contributed by atoms with Gasteiger partial charge in [-0.2, -0.15) is 0 Å². The highest BCUT2D eigenvalue weighted by molar-refractivity contribution is 7.26. The van der Waals surface area contributed by atoms with E-state index in [4.69, 9.17) is 19.4 Å². The van der Waals surface area contributed by atoms with Crippen LogP contribution in [-0.2, 0) is 0 Å². The van der Waals surface area contributed by atoms with Gasteiger partial charge in [-0.3, -0.25) is 0 Å². The second-order valence-electron chi connectivity index (χ2n) is 13.5. The summed E-state index contributed by atoms with van der Waals surface area (Å²) in [6, 6.07) is 61.1. The van der Waals surface area contributed by atoms with Gasteiger partial charge in [0.25, 0.3) is 0 Å². The van der Waals surface area contributed by atoms with Gasteiger partial charge >= 0.3 is 0 Å². The van der Waals surface area contributed by atoms with Crippen molar-refractivity contribution in [1.29, 1.82) is 0 Å². The SMILES string of the molecule is c1ccc(-c2cc(-c3ccc(-c4nc5c(-c6cccc7c6oc6ccccc67)cccc5c5sc6ccccc6c45)cc3)nc(-c3ccccc3)n2)cc1. The fourth-order valence-electron chi connectivity index (χ4n) is 7.74. The molecule has 0 aliphatic rings. The Morgan fingerprint density at radius 3 is 1.80 bits per heavy atom. The fourth-order valence-corrected chi connectivity index (χ4v) is 8.97. The first-order valence-corrected chi connectivity index (χ1v) is 18.8. The van der Waals surface area contributed by atoms with Gasteiger partial charge in [0, 0.05) is 69.7 Å². The Kier molecular flexibility index (Phi) is 7.00. The number of furan rings is 1. The van der Waals surface area contributed by atoms with Crippen LogP contribution in [0.2, 0.25) is 0 Å². The average molecular weight is 708 g/mol. The zero-order chi connectivity index (χ0) is 35.6. The summed E-state index contributed by atoms with van der Waals surface area (Å²) in [7, 11) is 0. The maximum atomic E-state index is 6.53. The number of pyridine rings is 1. The van der Waals surface area contributed by atoms with Crippen molar-refractivity contribution in [3.8, 4) is 56.3 Å². The van der Waals surface area contributed by atoms with Crippen molar-refractivity contribution in [3.05, 3.63) is 176 Å². The molecule has 5 heteroatoms. The molecule has 7 aromatic carbocycles. The van der Waals surface area contributed by atoms with Crippen LogP contribution in [0.25, 0.3) is 109 Å². The van der Waals surface area contributed by atoms with Crippen molar-refractivity contribution in [2.45, 2.75) is 0 Å². The molecule has 11 rings (SSSR count). The van der Waals surface area contributed by atoms with Gasteiger partial charge < -0.3 is 4.42 Å². The van der Waals surface area contributed by atoms with E-state index in [1.165, 1.54) is 20.2 Å². The lowest BCUT2D eigenvalue weighted by Gasteiger charge is -2.13. The number of hydrogen-bond donors (Lipinski definition) is 0. The summed E-state index contributed by atoms with van der Waals surface area (Å²) in [6.45, 7) is 0. The maximum Gasteiger partial charge on any atom is 0.160 e. The summed E-state index contributed by atoms with van der Waals surface area (Å²) < 4.78 is 9.00. The molecular weight excluding hydrogens is 679 g/mol. The topological polar surface area (TPSA) is 51.8 Å². The molecule has 252 valence electrons. The van der Waals surface area contributed by atoms with Gasteiger partial charge in [-0.25, -0.2) is 15.0 Å². The van der Waals surface area contributed by atoms with Crippen LogP contribution in [0.15, 0.2) is 180 Å². The van der Waals surface area contributed by atoms with Gasteiger partial charge in [0.15, 0.2) is 5.82 Å². The van der Waals surface area contributed by atoms with Crippen LogP contribution >= 0.6 is 11.3 Å². The molecular formula is C49H29N3OS. The van der Waals surface area contributed by atoms with Crippen LogP contribution < -0.4 is 0 Å². The van der Waals surface area contributed by atoms with Crippen molar-refractivity contribution in [2.24, 2.45) is 0 Å². The van der Waals surface area contributed by atoms with Gasteiger partial charge in [0.1, 0.15) is 11.2 Å². The van der Waals surface area contributed by atoms with Gasteiger partial charge in [-0.15, -0.1) is 11.3 Å².